The zero-order valence-corrected chi connectivity index (χ0v) is 13.1. The molecule has 0 fully saturated rings. The monoisotopic (exact) mass is 369 g/mol. The first kappa shape index (κ1) is 14.0. The molecular weight excluding hydrogens is 353 g/mol. The summed E-state index contributed by atoms with van der Waals surface area (Å²) < 4.78 is 11.7. The van der Waals surface area contributed by atoms with Gasteiger partial charge in [-0.15, -0.1) is 0 Å². The SMILES string of the molecule is COc1ccc(NCc2ccc(I)cc2)cc1OC. The molecule has 19 heavy (non-hydrogen) atoms. The molecular formula is C15H16INO2. The van der Waals surface area contributed by atoms with E-state index in [0.29, 0.717) is 0 Å². The maximum atomic E-state index is 5.28. The van der Waals surface area contributed by atoms with Gasteiger partial charge in [-0.3, -0.25) is 0 Å². The molecule has 0 amide bonds. The Morgan fingerprint density at radius 1 is 0.947 bits per heavy atom. The minimum atomic E-state index is 0.732. The lowest BCUT2D eigenvalue weighted by molar-refractivity contribution is 0.355. The van der Waals surface area contributed by atoms with Crippen molar-refractivity contribution < 1.29 is 9.47 Å². The smallest absolute Gasteiger partial charge is 0.162 e. The summed E-state index contributed by atoms with van der Waals surface area (Å²) in [6.45, 7) is 0.784. The van der Waals surface area contributed by atoms with E-state index in [1.54, 1.807) is 14.2 Å². The van der Waals surface area contributed by atoms with E-state index in [0.717, 1.165) is 23.7 Å². The predicted octanol–water partition coefficient (Wildman–Crippen LogP) is 3.92. The molecule has 0 saturated carbocycles. The lowest BCUT2D eigenvalue weighted by atomic mass is 10.2. The first-order valence-electron chi connectivity index (χ1n) is 5.93. The number of benzene rings is 2. The number of methoxy groups -OCH3 is 2. The van der Waals surface area contributed by atoms with Crippen molar-refractivity contribution in [2.75, 3.05) is 19.5 Å². The van der Waals surface area contributed by atoms with Gasteiger partial charge in [-0.2, -0.15) is 0 Å². The average molecular weight is 369 g/mol. The van der Waals surface area contributed by atoms with Gasteiger partial charge in [-0.25, -0.2) is 0 Å². The van der Waals surface area contributed by atoms with Crippen molar-refractivity contribution in [1.29, 1.82) is 0 Å². The maximum Gasteiger partial charge on any atom is 0.162 e. The molecule has 0 aliphatic carbocycles. The second-order valence-electron chi connectivity index (χ2n) is 4.05. The predicted molar refractivity (Wildman–Crippen MR) is 86.0 cm³/mol. The van der Waals surface area contributed by atoms with Crippen molar-refractivity contribution in [3.8, 4) is 11.5 Å². The van der Waals surface area contributed by atoms with Gasteiger partial charge >= 0.3 is 0 Å². The van der Waals surface area contributed by atoms with Crippen LogP contribution in [0.1, 0.15) is 5.56 Å². The molecule has 2 rings (SSSR count). The highest BCUT2D eigenvalue weighted by molar-refractivity contribution is 14.1. The third kappa shape index (κ3) is 3.76. The highest BCUT2D eigenvalue weighted by atomic mass is 127. The van der Waals surface area contributed by atoms with Gasteiger partial charge in [-0.05, 0) is 52.4 Å². The molecule has 0 heterocycles. The van der Waals surface area contributed by atoms with Crippen LogP contribution in [0.25, 0.3) is 0 Å². The Kier molecular flexibility index (Phi) is 4.90. The van der Waals surface area contributed by atoms with Crippen LogP contribution < -0.4 is 14.8 Å². The molecule has 0 atom stereocenters. The quantitative estimate of drug-likeness (QED) is 0.811. The van der Waals surface area contributed by atoms with Crippen molar-refractivity contribution in [1.82, 2.24) is 0 Å². The van der Waals surface area contributed by atoms with Gasteiger partial charge in [-0.1, -0.05) is 12.1 Å². The van der Waals surface area contributed by atoms with Gasteiger partial charge in [0, 0.05) is 21.9 Å². The van der Waals surface area contributed by atoms with Gasteiger partial charge in [0.25, 0.3) is 0 Å². The zero-order valence-electron chi connectivity index (χ0n) is 10.9. The molecule has 4 heteroatoms. The number of anilines is 1. The summed E-state index contributed by atoms with van der Waals surface area (Å²) in [4.78, 5) is 0. The van der Waals surface area contributed by atoms with Crippen molar-refractivity contribution in [2.24, 2.45) is 0 Å². The van der Waals surface area contributed by atoms with E-state index in [2.05, 4.69) is 52.2 Å². The van der Waals surface area contributed by atoms with Crippen molar-refractivity contribution >= 4 is 28.3 Å². The number of hydrogen-bond donors (Lipinski definition) is 1. The zero-order chi connectivity index (χ0) is 13.7. The van der Waals surface area contributed by atoms with Crippen LogP contribution in [-0.2, 0) is 6.54 Å². The van der Waals surface area contributed by atoms with E-state index in [-0.39, 0.29) is 0 Å². The Balaban J connectivity index is 2.05. The molecule has 0 radical (unpaired) electrons. The molecule has 0 aromatic heterocycles. The van der Waals surface area contributed by atoms with E-state index < -0.39 is 0 Å². The van der Waals surface area contributed by atoms with Crippen LogP contribution in [0, 0.1) is 3.57 Å². The van der Waals surface area contributed by atoms with Crippen LogP contribution in [0.5, 0.6) is 11.5 Å². The molecule has 2 aromatic rings. The Morgan fingerprint density at radius 3 is 2.26 bits per heavy atom. The number of nitrogens with one attached hydrogen (secondary N) is 1. The molecule has 3 nitrogen and oxygen atoms in total. The van der Waals surface area contributed by atoms with Crippen molar-refractivity contribution in [3.05, 3.63) is 51.6 Å². The highest BCUT2D eigenvalue weighted by Crippen LogP contribution is 2.29. The number of halogens is 1. The number of hydrogen-bond acceptors (Lipinski definition) is 3. The van der Waals surface area contributed by atoms with E-state index >= 15 is 0 Å². The Morgan fingerprint density at radius 2 is 1.63 bits per heavy atom. The Bertz CT molecular complexity index is 540. The molecule has 0 aliphatic rings. The first-order valence-corrected chi connectivity index (χ1v) is 7.01. The largest absolute Gasteiger partial charge is 0.493 e. The van der Waals surface area contributed by atoms with E-state index in [1.165, 1.54) is 9.13 Å². The van der Waals surface area contributed by atoms with E-state index in [1.807, 2.05) is 18.2 Å². The van der Waals surface area contributed by atoms with Crippen LogP contribution in [0.3, 0.4) is 0 Å². The van der Waals surface area contributed by atoms with Gasteiger partial charge in [0.2, 0.25) is 0 Å². The lowest BCUT2D eigenvalue weighted by Gasteiger charge is -2.11. The topological polar surface area (TPSA) is 30.5 Å². The normalized spacial score (nSPS) is 10.1. The minimum Gasteiger partial charge on any atom is -0.493 e. The summed E-state index contributed by atoms with van der Waals surface area (Å²) in [5, 5.41) is 3.37. The third-order valence-electron chi connectivity index (χ3n) is 2.79. The van der Waals surface area contributed by atoms with Crippen molar-refractivity contribution in [2.45, 2.75) is 6.54 Å². The van der Waals surface area contributed by atoms with Crippen molar-refractivity contribution in [3.63, 3.8) is 0 Å². The van der Waals surface area contributed by atoms with Crippen LogP contribution in [0.15, 0.2) is 42.5 Å². The van der Waals surface area contributed by atoms with E-state index in [9.17, 15) is 0 Å². The summed E-state index contributed by atoms with van der Waals surface area (Å²) in [5.41, 5.74) is 2.26. The van der Waals surface area contributed by atoms with Gasteiger partial charge in [0.15, 0.2) is 11.5 Å². The Hall–Kier alpha value is -1.43. The Labute approximate surface area is 127 Å². The number of ether oxygens (including phenoxy) is 2. The molecule has 0 aliphatic heterocycles. The molecule has 100 valence electrons. The summed E-state index contributed by atoms with van der Waals surface area (Å²) in [6.07, 6.45) is 0. The maximum absolute atomic E-state index is 5.28. The first-order chi connectivity index (χ1) is 9.22. The fraction of sp³-hybridized carbons (Fsp3) is 0.200. The van der Waals surface area contributed by atoms with Gasteiger partial charge in [0.05, 0.1) is 14.2 Å². The fourth-order valence-corrected chi connectivity index (χ4v) is 2.11. The minimum absolute atomic E-state index is 0.732. The lowest BCUT2D eigenvalue weighted by Crippen LogP contribution is -2.00. The summed E-state index contributed by atoms with van der Waals surface area (Å²) >= 11 is 2.30. The average Bonchev–Trinajstić information content (AvgIpc) is 2.46. The molecule has 0 saturated heterocycles. The van der Waals surface area contributed by atoms with Crippen LogP contribution >= 0.6 is 22.6 Å². The second-order valence-corrected chi connectivity index (χ2v) is 5.30. The molecule has 0 spiro atoms. The summed E-state index contributed by atoms with van der Waals surface area (Å²) in [7, 11) is 3.28. The van der Waals surface area contributed by atoms with Crippen LogP contribution in [0.4, 0.5) is 5.69 Å². The van der Waals surface area contributed by atoms with Gasteiger partial charge in [0.1, 0.15) is 0 Å². The molecule has 0 unspecified atom stereocenters. The van der Waals surface area contributed by atoms with E-state index in [4.69, 9.17) is 9.47 Å². The van der Waals surface area contributed by atoms with Crippen LogP contribution in [0.2, 0.25) is 0 Å². The highest BCUT2D eigenvalue weighted by Gasteiger charge is 2.04. The second kappa shape index (κ2) is 6.65. The summed E-state index contributed by atoms with van der Waals surface area (Å²) in [5.74, 6) is 1.47. The molecule has 1 N–H and O–H groups in total. The van der Waals surface area contributed by atoms with Gasteiger partial charge < -0.3 is 14.8 Å². The van der Waals surface area contributed by atoms with Crippen LogP contribution in [-0.4, -0.2) is 14.2 Å². The number of rotatable bonds is 5. The molecule has 0 bridgehead atoms. The fourth-order valence-electron chi connectivity index (χ4n) is 1.75. The summed E-state index contributed by atoms with van der Waals surface area (Å²) in [6, 6.07) is 14.3. The standard InChI is InChI=1S/C15H16INO2/c1-18-14-8-7-13(9-15(14)19-2)17-10-11-3-5-12(16)6-4-11/h3-9,17H,10H2,1-2H3. The third-order valence-corrected chi connectivity index (χ3v) is 3.51. The molecule has 2 aromatic carbocycles.